The standard InChI is InChI=1S/C12H13N.C7H8.C3H8.2CH4/c1-2-11-10(8-13)4-3-5-12(11)9-6-7-9;1-7-5-3-2-4-6-7;1-3-2;;/h3-5,9H,2,6-7H2,1H3;2-6H,1H3;3H2,1-2H3;2*1H4. The lowest BCUT2D eigenvalue weighted by Crippen LogP contribution is -1.94. The van der Waals surface area contributed by atoms with Gasteiger partial charge in [-0.1, -0.05) is 90.1 Å². The van der Waals surface area contributed by atoms with Crippen LogP contribution < -0.4 is 0 Å². The molecule has 0 heterocycles. The highest BCUT2D eigenvalue weighted by molar-refractivity contribution is 5.45. The Morgan fingerprint density at radius 1 is 0.920 bits per heavy atom. The summed E-state index contributed by atoms with van der Waals surface area (Å²) in [4.78, 5) is 0. The molecule has 0 bridgehead atoms. The zero-order valence-corrected chi connectivity index (χ0v) is 15.0. The molecule has 0 radical (unpaired) electrons. The van der Waals surface area contributed by atoms with E-state index >= 15 is 0 Å². The number of aryl methyl sites for hydroxylation is 1. The molecule has 0 N–H and O–H groups in total. The third-order valence-corrected chi connectivity index (χ3v) is 3.64. The van der Waals surface area contributed by atoms with Gasteiger partial charge in [-0.3, -0.25) is 0 Å². The van der Waals surface area contributed by atoms with Crippen molar-refractivity contribution in [2.45, 2.75) is 74.1 Å². The number of hydrogen-bond donors (Lipinski definition) is 0. The Kier molecular flexibility index (Phi) is 14.4. The fourth-order valence-electron chi connectivity index (χ4n) is 2.42. The predicted octanol–water partition coefficient (Wildman–Crippen LogP) is 7.68. The Balaban J connectivity index is 0. The quantitative estimate of drug-likeness (QED) is 0.550. The molecule has 0 aliphatic heterocycles. The van der Waals surface area contributed by atoms with Crippen molar-refractivity contribution < 1.29 is 0 Å². The van der Waals surface area contributed by atoms with Gasteiger partial charge in [0.2, 0.25) is 0 Å². The monoisotopic (exact) mass is 339 g/mol. The molecule has 138 valence electrons. The topological polar surface area (TPSA) is 23.8 Å². The van der Waals surface area contributed by atoms with Crippen LogP contribution in [0, 0.1) is 18.3 Å². The van der Waals surface area contributed by atoms with E-state index in [-0.39, 0.29) is 14.9 Å². The molecule has 1 fully saturated rings. The van der Waals surface area contributed by atoms with Gasteiger partial charge in [-0.05, 0) is 49.3 Å². The van der Waals surface area contributed by atoms with Crippen LogP contribution in [-0.2, 0) is 6.42 Å². The zero-order valence-electron chi connectivity index (χ0n) is 15.0. The van der Waals surface area contributed by atoms with Gasteiger partial charge in [-0.2, -0.15) is 5.26 Å². The second-order valence-corrected chi connectivity index (χ2v) is 5.97. The molecule has 25 heavy (non-hydrogen) atoms. The number of benzene rings is 2. The van der Waals surface area contributed by atoms with Crippen molar-refractivity contribution in [1.29, 1.82) is 5.26 Å². The maximum absolute atomic E-state index is 8.93. The van der Waals surface area contributed by atoms with Crippen LogP contribution in [0.2, 0.25) is 0 Å². The summed E-state index contributed by atoms with van der Waals surface area (Å²) >= 11 is 0. The van der Waals surface area contributed by atoms with Gasteiger partial charge in [-0.25, -0.2) is 0 Å². The van der Waals surface area contributed by atoms with Crippen molar-refractivity contribution in [3.8, 4) is 6.07 Å². The van der Waals surface area contributed by atoms with E-state index in [2.05, 4.69) is 52.0 Å². The molecule has 2 aromatic carbocycles. The molecule has 0 spiro atoms. The number of hydrogen-bond acceptors (Lipinski definition) is 1. The van der Waals surface area contributed by atoms with Crippen LogP contribution in [0.25, 0.3) is 0 Å². The van der Waals surface area contributed by atoms with Crippen molar-refractivity contribution >= 4 is 0 Å². The van der Waals surface area contributed by atoms with Crippen LogP contribution in [0.4, 0.5) is 0 Å². The van der Waals surface area contributed by atoms with Gasteiger partial charge in [0, 0.05) is 0 Å². The van der Waals surface area contributed by atoms with Crippen molar-refractivity contribution in [1.82, 2.24) is 0 Å². The molecule has 1 nitrogen and oxygen atoms in total. The van der Waals surface area contributed by atoms with Crippen LogP contribution in [0.3, 0.4) is 0 Å². The minimum absolute atomic E-state index is 0. The highest BCUT2D eigenvalue weighted by atomic mass is 14.3. The first-order valence-electron chi connectivity index (χ1n) is 8.71. The smallest absolute Gasteiger partial charge is 0.0994 e. The lowest BCUT2D eigenvalue weighted by Gasteiger charge is -2.07. The van der Waals surface area contributed by atoms with E-state index in [1.54, 1.807) is 0 Å². The molecule has 0 aromatic heterocycles. The summed E-state index contributed by atoms with van der Waals surface area (Å²) in [6.07, 6.45) is 4.85. The first-order chi connectivity index (χ1) is 11.2. The van der Waals surface area contributed by atoms with E-state index < -0.39 is 0 Å². The Morgan fingerprint density at radius 3 is 1.84 bits per heavy atom. The van der Waals surface area contributed by atoms with Crippen molar-refractivity contribution in [3.63, 3.8) is 0 Å². The summed E-state index contributed by atoms with van der Waals surface area (Å²) in [7, 11) is 0. The summed E-state index contributed by atoms with van der Waals surface area (Å²) < 4.78 is 0. The predicted molar refractivity (Wildman–Crippen MR) is 113 cm³/mol. The largest absolute Gasteiger partial charge is 0.192 e. The fourth-order valence-corrected chi connectivity index (χ4v) is 2.42. The first-order valence-corrected chi connectivity index (χ1v) is 8.71. The van der Waals surface area contributed by atoms with Gasteiger partial charge in [0.1, 0.15) is 0 Å². The molecule has 0 atom stereocenters. The summed E-state index contributed by atoms with van der Waals surface area (Å²) in [6.45, 7) is 8.46. The number of nitrogens with zero attached hydrogens (tertiary/aromatic N) is 1. The number of rotatable bonds is 2. The maximum atomic E-state index is 8.93. The average Bonchev–Trinajstić information content (AvgIpc) is 3.41. The Bertz CT molecular complexity index is 604. The van der Waals surface area contributed by atoms with E-state index in [0.29, 0.717) is 0 Å². The second kappa shape index (κ2) is 14.3. The van der Waals surface area contributed by atoms with Crippen molar-refractivity contribution in [2.75, 3.05) is 0 Å². The van der Waals surface area contributed by atoms with Crippen molar-refractivity contribution in [3.05, 3.63) is 70.8 Å². The summed E-state index contributed by atoms with van der Waals surface area (Å²) in [5.74, 6) is 0.753. The van der Waals surface area contributed by atoms with Crippen LogP contribution in [-0.4, -0.2) is 0 Å². The minimum Gasteiger partial charge on any atom is -0.192 e. The van der Waals surface area contributed by atoms with Gasteiger partial charge < -0.3 is 0 Å². The SMILES string of the molecule is C.C.CCC.CCc1c(C#N)cccc1C1CC1.Cc1ccccc1. The maximum Gasteiger partial charge on any atom is 0.0994 e. The second-order valence-electron chi connectivity index (χ2n) is 5.97. The molecular formula is C24H37N. The third kappa shape index (κ3) is 9.11. The summed E-state index contributed by atoms with van der Waals surface area (Å²) in [6, 6.07) is 18.6. The van der Waals surface area contributed by atoms with E-state index in [0.717, 1.165) is 17.9 Å². The normalized spacial score (nSPS) is 11.2. The molecule has 1 heteroatoms. The lowest BCUT2D eigenvalue weighted by atomic mass is 9.96. The molecule has 0 unspecified atom stereocenters. The van der Waals surface area contributed by atoms with Crippen LogP contribution in [0.5, 0.6) is 0 Å². The molecular weight excluding hydrogens is 302 g/mol. The highest BCUT2D eigenvalue weighted by Gasteiger charge is 2.26. The zero-order chi connectivity index (χ0) is 17.1. The molecule has 1 saturated carbocycles. The van der Waals surface area contributed by atoms with E-state index in [1.807, 2.05) is 30.3 Å². The van der Waals surface area contributed by atoms with E-state index in [4.69, 9.17) is 5.26 Å². The molecule has 2 aromatic rings. The average molecular weight is 340 g/mol. The van der Waals surface area contributed by atoms with Gasteiger partial charge in [-0.15, -0.1) is 0 Å². The van der Waals surface area contributed by atoms with Crippen LogP contribution in [0.15, 0.2) is 48.5 Å². The molecule has 0 saturated heterocycles. The summed E-state index contributed by atoms with van der Waals surface area (Å²) in [5.41, 5.74) is 4.88. The van der Waals surface area contributed by atoms with Crippen LogP contribution in [0.1, 0.15) is 83.1 Å². The Hall–Kier alpha value is -2.07. The Labute approximate surface area is 156 Å². The van der Waals surface area contributed by atoms with E-state index in [1.165, 1.54) is 36.0 Å². The molecule has 0 amide bonds. The molecule has 1 aliphatic rings. The fraction of sp³-hybridized carbons (Fsp3) is 0.458. The molecule has 1 aliphatic carbocycles. The van der Waals surface area contributed by atoms with E-state index in [9.17, 15) is 0 Å². The van der Waals surface area contributed by atoms with Gasteiger partial charge >= 0.3 is 0 Å². The van der Waals surface area contributed by atoms with Crippen molar-refractivity contribution in [2.24, 2.45) is 0 Å². The van der Waals surface area contributed by atoms with Gasteiger partial charge in [0.25, 0.3) is 0 Å². The third-order valence-electron chi connectivity index (χ3n) is 3.64. The van der Waals surface area contributed by atoms with Gasteiger partial charge in [0.15, 0.2) is 0 Å². The number of nitriles is 1. The van der Waals surface area contributed by atoms with Crippen LogP contribution >= 0.6 is 0 Å². The summed E-state index contributed by atoms with van der Waals surface area (Å²) in [5, 5.41) is 8.93. The Morgan fingerprint density at radius 2 is 1.48 bits per heavy atom. The van der Waals surface area contributed by atoms with Gasteiger partial charge in [0.05, 0.1) is 11.6 Å². The minimum atomic E-state index is 0. The molecule has 3 rings (SSSR count). The lowest BCUT2D eigenvalue weighted by molar-refractivity contribution is 1.02. The highest BCUT2D eigenvalue weighted by Crippen LogP contribution is 2.42. The first kappa shape index (κ1) is 25.2.